The molecular formula is C17H17FN2O2. The summed E-state index contributed by atoms with van der Waals surface area (Å²) in [4.78, 5) is 14.1. The highest BCUT2D eigenvalue weighted by Crippen LogP contribution is 2.29. The Balaban J connectivity index is 1.58. The molecular weight excluding hydrogens is 283 g/mol. The molecule has 1 aliphatic rings. The molecule has 5 heteroatoms. The second kappa shape index (κ2) is 6.05. The first-order chi connectivity index (χ1) is 10.6. The summed E-state index contributed by atoms with van der Waals surface area (Å²) in [7, 11) is 2.05. The quantitative estimate of drug-likeness (QED) is 0.944. The zero-order chi connectivity index (χ0) is 15.5. The Morgan fingerprint density at radius 3 is 3.00 bits per heavy atom. The Morgan fingerprint density at radius 1 is 1.32 bits per heavy atom. The maximum atomic E-state index is 13.0. The van der Waals surface area contributed by atoms with Gasteiger partial charge in [-0.2, -0.15) is 0 Å². The van der Waals surface area contributed by atoms with Gasteiger partial charge in [0.15, 0.2) is 6.61 Å². The zero-order valence-electron chi connectivity index (χ0n) is 12.3. The van der Waals surface area contributed by atoms with Gasteiger partial charge in [0.25, 0.3) is 5.91 Å². The molecule has 0 spiro atoms. The van der Waals surface area contributed by atoms with Crippen molar-refractivity contribution in [3.05, 3.63) is 53.8 Å². The van der Waals surface area contributed by atoms with Gasteiger partial charge in [0, 0.05) is 31.0 Å². The largest absolute Gasteiger partial charge is 0.484 e. The molecule has 1 aliphatic heterocycles. The molecule has 1 amide bonds. The van der Waals surface area contributed by atoms with Crippen LogP contribution in [-0.2, 0) is 11.2 Å². The Labute approximate surface area is 128 Å². The van der Waals surface area contributed by atoms with Crippen LogP contribution in [0.3, 0.4) is 0 Å². The average Bonchev–Trinajstić information content (AvgIpc) is 2.86. The van der Waals surface area contributed by atoms with E-state index in [0.29, 0.717) is 5.75 Å². The van der Waals surface area contributed by atoms with E-state index in [9.17, 15) is 9.18 Å². The number of rotatable bonds is 4. The van der Waals surface area contributed by atoms with Gasteiger partial charge < -0.3 is 15.0 Å². The van der Waals surface area contributed by atoms with Crippen molar-refractivity contribution in [2.45, 2.75) is 6.42 Å². The smallest absolute Gasteiger partial charge is 0.262 e. The highest BCUT2D eigenvalue weighted by atomic mass is 19.1. The molecule has 0 aliphatic carbocycles. The van der Waals surface area contributed by atoms with Crippen LogP contribution in [0.15, 0.2) is 42.5 Å². The maximum absolute atomic E-state index is 13.0. The Morgan fingerprint density at radius 2 is 2.18 bits per heavy atom. The molecule has 0 saturated heterocycles. The van der Waals surface area contributed by atoms with E-state index in [1.807, 2.05) is 18.2 Å². The van der Waals surface area contributed by atoms with Gasteiger partial charge in [0.05, 0.1) is 0 Å². The van der Waals surface area contributed by atoms with Gasteiger partial charge in [0.1, 0.15) is 11.6 Å². The summed E-state index contributed by atoms with van der Waals surface area (Å²) in [5, 5.41) is 2.80. The second-order valence-electron chi connectivity index (χ2n) is 5.31. The van der Waals surface area contributed by atoms with Crippen LogP contribution < -0.4 is 15.0 Å². The highest BCUT2D eigenvalue weighted by Gasteiger charge is 2.16. The number of nitrogens with one attached hydrogen (secondary N) is 1. The third kappa shape index (κ3) is 3.19. The third-order valence-corrected chi connectivity index (χ3v) is 3.66. The Bertz CT molecular complexity index is 703. The fourth-order valence-corrected chi connectivity index (χ4v) is 2.55. The average molecular weight is 300 g/mol. The van der Waals surface area contributed by atoms with Crippen LogP contribution in [0.4, 0.5) is 15.8 Å². The van der Waals surface area contributed by atoms with Crippen molar-refractivity contribution in [2.75, 3.05) is 30.4 Å². The summed E-state index contributed by atoms with van der Waals surface area (Å²) in [5.41, 5.74) is 3.18. The topological polar surface area (TPSA) is 41.6 Å². The van der Waals surface area contributed by atoms with E-state index in [4.69, 9.17) is 4.74 Å². The minimum Gasteiger partial charge on any atom is -0.484 e. The van der Waals surface area contributed by atoms with Crippen molar-refractivity contribution in [2.24, 2.45) is 0 Å². The summed E-state index contributed by atoms with van der Waals surface area (Å²) in [5.74, 6) is -0.318. The normalized spacial score (nSPS) is 12.9. The standard InChI is InChI=1S/C17H17FN2O2/c1-20-8-7-12-9-14(5-6-16(12)20)19-17(21)11-22-15-4-2-3-13(18)10-15/h2-6,9-10H,7-8,11H2,1H3,(H,19,21). The van der Waals surface area contributed by atoms with Gasteiger partial charge in [-0.25, -0.2) is 4.39 Å². The van der Waals surface area contributed by atoms with Crippen LogP contribution in [0.5, 0.6) is 5.75 Å². The molecule has 0 radical (unpaired) electrons. The lowest BCUT2D eigenvalue weighted by Crippen LogP contribution is -2.20. The number of hydrogen-bond donors (Lipinski definition) is 1. The lowest BCUT2D eigenvalue weighted by atomic mass is 10.1. The van der Waals surface area contributed by atoms with Crippen molar-refractivity contribution < 1.29 is 13.9 Å². The molecule has 2 aromatic rings. The monoisotopic (exact) mass is 300 g/mol. The number of amides is 1. The maximum Gasteiger partial charge on any atom is 0.262 e. The van der Waals surface area contributed by atoms with Gasteiger partial charge in [-0.05, 0) is 42.3 Å². The molecule has 4 nitrogen and oxygen atoms in total. The molecule has 0 atom stereocenters. The molecule has 0 bridgehead atoms. The van der Waals surface area contributed by atoms with E-state index >= 15 is 0 Å². The SMILES string of the molecule is CN1CCc2cc(NC(=O)COc3cccc(F)c3)ccc21. The number of benzene rings is 2. The third-order valence-electron chi connectivity index (χ3n) is 3.66. The number of likely N-dealkylation sites (N-methyl/N-ethyl adjacent to an activating group) is 1. The molecule has 3 rings (SSSR count). The molecule has 0 unspecified atom stereocenters. The first-order valence-corrected chi connectivity index (χ1v) is 7.14. The minimum atomic E-state index is -0.388. The first-order valence-electron chi connectivity index (χ1n) is 7.14. The number of halogens is 1. The van der Waals surface area contributed by atoms with Crippen LogP contribution in [0.1, 0.15) is 5.56 Å². The molecule has 22 heavy (non-hydrogen) atoms. The van der Waals surface area contributed by atoms with Crippen molar-refractivity contribution in [1.82, 2.24) is 0 Å². The summed E-state index contributed by atoms with van der Waals surface area (Å²) >= 11 is 0. The van der Waals surface area contributed by atoms with Crippen LogP contribution in [-0.4, -0.2) is 26.1 Å². The number of carbonyl (C=O) groups excluding carboxylic acids is 1. The summed E-state index contributed by atoms with van der Waals surface area (Å²) in [6, 6.07) is 11.6. The minimum absolute atomic E-state index is 0.152. The van der Waals surface area contributed by atoms with E-state index in [0.717, 1.165) is 18.7 Å². The van der Waals surface area contributed by atoms with Crippen molar-refractivity contribution in [3.8, 4) is 5.75 Å². The van der Waals surface area contributed by atoms with Gasteiger partial charge in [-0.15, -0.1) is 0 Å². The molecule has 0 saturated carbocycles. The first kappa shape index (κ1) is 14.4. The van der Waals surface area contributed by atoms with E-state index < -0.39 is 0 Å². The Hall–Kier alpha value is -2.56. The van der Waals surface area contributed by atoms with Gasteiger partial charge in [-0.1, -0.05) is 6.07 Å². The van der Waals surface area contributed by atoms with E-state index in [2.05, 4.69) is 17.3 Å². The van der Waals surface area contributed by atoms with Gasteiger partial charge in [-0.3, -0.25) is 4.79 Å². The summed E-state index contributed by atoms with van der Waals surface area (Å²) < 4.78 is 18.3. The fraction of sp³-hybridized carbons (Fsp3) is 0.235. The van der Waals surface area contributed by atoms with Gasteiger partial charge >= 0.3 is 0 Å². The van der Waals surface area contributed by atoms with E-state index in [1.54, 1.807) is 12.1 Å². The Kier molecular flexibility index (Phi) is 3.96. The van der Waals surface area contributed by atoms with Crippen LogP contribution >= 0.6 is 0 Å². The summed E-state index contributed by atoms with van der Waals surface area (Å²) in [6.07, 6.45) is 0.981. The van der Waals surface area contributed by atoms with Crippen LogP contribution in [0, 0.1) is 5.82 Å². The molecule has 1 heterocycles. The number of anilines is 2. The predicted molar refractivity (Wildman–Crippen MR) is 83.9 cm³/mol. The second-order valence-corrected chi connectivity index (χ2v) is 5.31. The van der Waals surface area contributed by atoms with E-state index in [-0.39, 0.29) is 18.3 Å². The van der Waals surface area contributed by atoms with Crippen molar-refractivity contribution >= 4 is 17.3 Å². The molecule has 2 aromatic carbocycles. The number of ether oxygens (including phenoxy) is 1. The number of carbonyl (C=O) groups is 1. The lowest BCUT2D eigenvalue weighted by Gasteiger charge is -2.12. The zero-order valence-corrected chi connectivity index (χ0v) is 12.3. The molecule has 114 valence electrons. The lowest BCUT2D eigenvalue weighted by molar-refractivity contribution is -0.118. The molecule has 0 fully saturated rings. The van der Waals surface area contributed by atoms with Gasteiger partial charge in [0.2, 0.25) is 0 Å². The summed E-state index contributed by atoms with van der Waals surface area (Å²) in [6.45, 7) is 0.843. The fourth-order valence-electron chi connectivity index (χ4n) is 2.55. The molecule has 1 N–H and O–H groups in total. The highest BCUT2D eigenvalue weighted by molar-refractivity contribution is 5.92. The number of nitrogens with zero attached hydrogens (tertiary/aromatic N) is 1. The number of hydrogen-bond acceptors (Lipinski definition) is 3. The van der Waals surface area contributed by atoms with E-state index in [1.165, 1.54) is 23.4 Å². The number of fused-ring (bicyclic) bond motifs is 1. The predicted octanol–water partition coefficient (Wildman–Crippen LogP) is 2.84. The van der Waals surface area contributed by atoms with Crippen LogP contribution in [0.2, 0.25) is 0 Å². The van der Waals surface area contributed by atoms with Crippen molar-refractivity contribution in [3.63, 3.8) is 0 Å². The molecule has 0 aromatic heterocycles. The van der Waals surface area contributed by atoms with Crippen LogP contribution in [0.25, 0.3) is 0 Å². The van der Waals surface area contributed by atoms with Crippen molar-refractivity contribution in [1.29, 1.82) is 0 Å².